The Morgan fingerprint density at radius 3 is 2.47 bits per heavy atom. The molecule has 30 heavy (non-hydrogen) atoms. The molecular weight excluding hydrogens is 374 g/mol. The van der Waals surface area contributed by atoms with Crippen LogP contribution in [0.4, 0.5) is 5.82 Å². The van der Waals surface area contributed by atoms with Crippen LogP contribution in [0, 0.1) is 11.8 Å². The minimum Gasteiger partial charge on any atom is -0.497 e. The van der Waals surface area contributed by atoms with Gasteiger partial charge in [-0.05, 0) is 36.1 Å². The van der Waals surface area contributed by atoms with Crippen molar-refractivity contribution < 1.29 is 9.47 Å². The van der Waals surface area contributed by atoms with E-state index in [1.807, 2.05) is 18.2 Å². The molecule has 0 unspecified atom stereocenters. The first-order valence-corrected chi connectivity index (χ1v) is 10.3. The highest BCUT2D eigenvalue weighted by molar-refractivity contribution is 5.93. The van der Waals surface area contributed by atoms with E-state index in [0.717, 1.165) is 60.9 Å². The van der Waals surface area contributed by atoms with E-state index in [4.69, 9.17) is 14.5 Å². The van der Waals surface area contributed by atoms with Gasteiger partial charge in [-0.1, -0.05) is 37.1 Å². The lowest BCUT2D eigenvalue weighted by Gasteiger charge is -2.35. The molecule has 1 fully saturated rings. The highest BCUT2D eigenvalue weighted by Crippen LogP contribution is 2.27. The van der Waals surface area contributed by atoms with Crippen molar-refractivity contribution in [2.75, 3.05) is 51.8 Å². The van der Waals surface area contributed by atoms with Crippen LogP contribution in [0.15, 0.2) is 48.5 Å². The number of methoxy groups -OCH3 is 2. The first kappa shape index (κ1) is 20.1. The summed E-state index contributed by atoms with van der Waals surface area (Å²) in [5.41, 5.74) is 1.57. The minimum atomic E-state index is 0.693. The molecule has 0 amide bonds. The molecule has 0 bridgehead atoms. The number of anilines is 1. The second-order valence-electron chi connectivity index (χ2n) is 7.29. The number of likely N-dealkylation sites (N-methyl/N-ethyl adjacent to an activating group) is 1. The Labute approximate surface area is 178 Å². The van der Waals surface area contributed by atoms with Gasteiger partial charge < -0.3 is 19.3 Å². The van der Waals surface area contributed by atoms with E-state index in [0.29, 0.717) is 5.75 Å². The summed E-state index contributed by atoms with van der Waals surface area (Å²) in [6.07, 6.45) is 0. The fourth-order valence-corrected chi connectivity index (χ4v) is 3.79. The lowest BCUT2D eigenvalue weighted by molar-refractivity contribution is 0.271. The number of pyridine rings is 1. The molecule has 0 saturated carbocycles. The van der Waals surface area contributed by atoms with Crippen LogP contribution in [0.2, 0.25) is 0 Å². The topological polar surface area (TPSA) is 37.8 Å². The van der Waals surface area contributed by atoms with Gasteiger partial charge in [-0.25, -0.2) is 4.98 Å². The van der Waals surface area contributed by atoms with Gasteiger partial charge in [-0.15, -0.1) is 0 Å². The third kappa shape index (κ3) is 4.19. The van der Waals surface area contributed by atoms with Crippen molar-refractivity contribution in [3.8, 4) is 23.3 Å². The predicted molar refractivity (Wildman–Crippen MR) is 122 cm³/mol. The summed E-state index contributed by atoms with van der Waals surface area (Å²) in [6, 6.07) is 16.1. The molecular formula is C25H27N3O2. The van der Waals surface area contributed by atoms with Crippen LogP contribution >= 0.6 is 0 Å². The van der Waals surface area contributed by atoms with E-state index in [1.165, 1.54) is 5.39 Å². The Hall–Kier alpha value is -3.23. The van der Waals surface area contributed by atoms with Gasteiger partial charge in [0.05, 0.1) is 19.8 Å². The summed E-state index contributed by atoms with van der Waals surface area (Å²) in [5.74, 6) is 8.93. The number of hydrogen-bond acceptors (Lipinski definition) is 5. The minimum absolute atomic E-state index is 0.693. The monoisotopic (exact) mass is 401 g/mol. The molecule has 5 nitrogen and oxygen atoms in total. The zero-order valence-corrected chi connectivity index (χ0v) is 17.8. The largest absolute Gasteiger partial charge is 0.497 e. The van der Waals surface area contributed by atoms with Gasteiger partial charge in [0.25, 0.3) is 0 Å². The first-order chi connectivity index (χ1) is 14.7. The molecule has 1 saturated heterocycles. The molecule has 4 rings (SSSR count). The number of ether oxygens (including phenoxy) is 2. The van der Waals surface area contributed by atoms with Gasteiger partial charge in [0.1, 0.15) is 23.0 Å². The first-order valence-electron chi connectivity index (χ1n) is 10.3. The lowest BCUT2D eigenvalue weighted by Crippen LogP contribution is -2.46. The molecule has 2 heterocycles. The van der Waals surface area contributed by atoms with E-state index in [2.05, 4.69) is 58.9 Å². The summed E-state index contributed by atoms with van der Waals surface area (Å²) in [6.45, 7) is 7.39. The number of fused-ring (bicyclic) bond motifs is 1. The number of nitrogens with zero attached hydrogens (tertiary/aromatic N) is 3. The second-order valence-corrected chi connectivity index (χ2v) is 7.29. The fraction of sp³-hybridized carbons (Fsp3) is 0.320. The van der Waals surface area contributed by atoms with E-state index < -0.39 is 0 Å². The molecule has 154 valence electrons. The number of hydrogen-bond donors (Lipinski definition) is 0. The highest BCUT2D eigenvalue weighted by Gasteiger charge is 2.19. The molecule has 2 aromatic carbocycles. The lowest BCUT2D eigenvalue weighted by atomic mass is 10.1. The van der Waals surface area contributed by atoms with E-state index in [1.54, 1.807) is 14.2 Å². The normalized spacial score (nSPS) is 14.3. The predicted octanol–water partition coefficient (Wildman–Crippen LogP) is 3.79. The van der Waals surface area contributed by atoms with E-state index in [-0.39, 0.29) is 0 Å². The van der Waals surface area contributed by atoms with Crippen LogP contribution in [0.25, 0.3) is 10.8 Å². The van der Waals surface area contributed by atoms with Crippen molar-refractivity contribution in [2.24, 2.45) is 0 Å². The second kappa shape index (κ2) is 9.06. The smallest absolute Gasteiger partial charge is 0.138 e. The summed E-state index contributed by atoms with van der Waals surface area (Å²) in [7, 11) is 3.28. The summed E-state index contributed by atoms with van der Waals surface area (Å²) in [4.78, 5) is 9.80. The van der Waals surface area contributed by atoms with Gasteiger partial charge in [0.2, 0.25) is 0 Å². The van der Waals surface area contributed by atoms with Crippen LogP contribution < -0.4 is 14.4 Å². The molecule has 1 aliphatic rings. The maximum atomic E-state index is 5.47. The van der Waals surface area contributed by atoms with E-state index >= 15 is 0 Å². The third-order valence-corrected chi connectivity index (χ3v) is 5.57. The van der Waals surface area contributed by atoms with Gasteiger partial charge in [-0.2, -0.15) is 0 Å². The highest BCUT2D eigenvalue weighted by atomic mass is 16.5. The molecule has 0 N–H and O–H groups in total. The average Bonchev–Trinajstić information content (AvgIpc) is 2.82. The van der Waals surface area contributed by atoms with Crippen molar-refractivity contribution in [1.82, 2.24) is 9.88 Å². The SMILES string of the molecule is CCN1CCN(c2nc(C#Cc3ccc(OC)cc3OC)cc3ccccc23)CC1. The third-order valence-electron chi connectivity index (χ3n) is 5.57. The van der Waals surface area contributed by atoms with Crippen LogP contribution in [-0.2, 0) is 0 Å². The Morgan fingerprint density at radius 1 is 0.933 bits per heavy atom. The van der Waals surface area contributed by atoms with Gasteiger partial charge in [-0.3, -0.25) is 0 Å². The summed E-state index contributed by atoms with van der Waals surface area (Å²) >= 11 is 0. The van der Waals surface area contributed by atoms with Crippen LogP contribution in [0.5, 0.6) is 11.5 Å². The quantitative estimate of drug-likeness (QED) is 0.622. The molecule has 5 heteroatoms. The average molecular weight is 402 g/mol. The summed E-state index contributed by atoms with van der Waals surface area (Å²) in [5, 5.41) is 2.33. The van der Waals surface area contributed by atoms with Crippen molar-refractivity contribution in [1.29, 1.82) is 0 Å². The maximum Gasteiger partial charge on any atom is 0.138 e. The van der Waals surface area contributed by atoms with Crippen molar-refractivity contribution in [3.05, 3.63) is 59.8 Å². The molecule has 1 aromatic heterocycles. The van der Waals surface area contributed by atoms with Crippen molar-refractivity contribution in [2.45, 2.75) is 6.92 Å². The summed E-state index contributed by atoms with van der Waals surface area (Å²) < 4.78 is 10.7. The van der Waals surface area contributed by atoms with Crippen LogP contribution in [0.3, 0.4) is 0 Å². The standard InChI is InChI=1S/C25H27N3O2/c1-4-27-13-15-28(16-14-27)25-23-8-6-5-7-20(23)17-21(26-25)11-9-19-10-12-22(29-2)18-24(19)30-3/h5-8,10,12,17-18H,4,13-16H2,1-3H3. The molecule has 0 spiro atoms. The Kier molecular flexibility index (Phi) is 6.06. The molecule has 0 radical (unpaired) electrons. The molecule has 1 aliphatic heterocycles. The molecule has 0 atom stereocenters. The van der Waals surface area contributed by atoms with Crippen LogP contribution in [-0.4, -0.2) is 56.8 Å². The Bertz CT molecular complexity index is 1090. The fourth-order valence-electron chi connectivity index (χ4n) is 3.79. The zero-order valence-electron chi connectivity index (χ0n) is 17.8. The molecule has 0 aliphatic carbocycles. The number of rotatable bonds is 4. The van der Waals surface area contributed by atoms with Gasteiger partial charge >= 0.3 is 0 Å². The molecule has 3 aromatic rings. The maximum absolute atomic E-state index is 5.47. The van der Waals surface area contributed by atoms with E-state index in [9.17, 15) is 0 Å². The van der Waals surface area contributed by atoms with Crippen molar-refractivity contribution in [3.63, 3.8) is 0 Å². The number of piperazine rings is 1. The zero-order chi connectivity index (χ0) is 20.9. The number of aromatic nitrogens is 1. The van der Waals surface area contributed by atoms with Crippen molar-refractivity contribution >= 4 is 16.6 Å². The van der Waals surface area contributed by atoms with Crippen LogP contribution in [0.1, 0.15) is 18.2 Å². The van der Waals surface area contributed by atoms with Gasteiger partial charge in [0.15, 0.2) is 0 Å². The van der Waals surface area contributed by atoms with Gasteiger partial charge in [0, 0.05) is 37.6 Å². The Balaban J connectivity index is 1.71. The Morgan fingerprint density at radius 2 is 1.73 bits per heavy atom. The number of benzene rings is 2.